The van der Waals surface area contributed by atoms with Gasteiger partial charge in [-0.3, -0.25) is 0 Å². The Bertz CT molecular complexity index is 736. The molecule has 0 aliphatic carbocycles. The van der Waals surface area contributed by atoms with Crippen molar-refractivity contribution in [2.45, 2.75) is 6.92 Å². The molecule has 3 rings (SSSR count). The van der Waals surface area contributed by atoms with Gasteiger partial charge in [0.05, 0.1) is 6.20 Å². The Morgan fingerprint density at radius 1 is 1.33 bits per heavy atom. The van der Waals surface area contributed by atoms with Gasteiger partial charge >= 0.3 is 0 Å². The molecule has 90 valence electrons. The summed E-state index contributed by atoms with van der Waals surface area (Å²) in [4.78, 5) is 10.7. The molecule has 18 heavy (non-hydrogen) atoms. The summed E-state index contributed by atoms with van der Waals surface area (Å²) in [5.41, 5.74) is 2.98. The second kappa shape index (κ2) is 4.07. The van der Waals surface area contributed by atoms with E-state index in [1.807, 2.05) is 25.1 Å². The summed E-state index contributed by atoms with van der Waals surface area (Å²) in [7, 11) is 0. The van der Waals surface area contributed by atoms with Crippen molar-refractivity contribution in [1.29, 1.82) is 0 Å². The Morgan fingerprint density at radius 3 is 3.00 bits per heavy atom. The fourth-order valence-electron chi connectivity index (χ4n) is 1.97. The van der Waals surface area contributed by atoms with E-state index < -0.39 is 5.82 Å². The average Bonchev–Trinajstić information content (AvgIpc) is 2.75. The largest absolute Gasteiger partial charge is 0.360 e. The van der Waals surface area contributed by atoms with Crippen LogP contribution in [0.2, 0.25) is 5.28 Å². The van der Waals surface area contributed by atoms with Gasteiger partial charge in [-0.1, -0.05) is 12.1 Å². The Hall–Kier alpha value is -1.94. The molecule has 0 bridgehead atoms. The molecule has 3 nitrogen and oxygen atoms in total. The standard InChI is InChI=1S/C13H9ClFN3/c1-7-2-3-8-9(5-16-11(8)4-7)12-10(15)6-17-13(14)18-12/h2-6,16H,1H3. The molecule has 0 unspecified atom stereocenters. The van der Waals surface area contributed by atoms with Gasteiger partial charge in [-0.25, -0.2) is 14.4 Å². The van der Waals surface area contributed by atoms with E-state index in [1.54, 1.807) is 6.20 Å². The topological polar surface area (TPSA) is 41.6 Å². The molecule has 1 N–H and O–H groups in total. The van der Waals surface area contributed by atoms with Gasteiger partial charge < -0.3 is 4.98 Å². The minimum atomic E-state index is -0.485. The first kappa shape index (κ1) is 11.2. The molecular formula is C13H9ClFN3. The van der Waals surface area contributed by atoms with Crippen LogP contribution in [0.25, 0.3) is 22.2 Å². The summed E-state index contributed by atoms with van der Waals surface area (Å²) in [5, 5.41) is 0.946. The van der Waals surface area contributed by atoms with Gasteiger partial charge in [0, 0.05) is 22.7 Å². The lowest BCUT2D eigenvalue weighted by molar-refractivity contribution is 0.618. The Balaban J connectivity index is 2.28. The summed E-state index contributed by atoms with van der Waals surface area (Å²) in [5.74, 6) is -0.485. The smallest absolute Gasteiger partial charge is 0.223 e. The minimum Gasteiger partial charge on any atom is -0.360 e. The van der Waals surface area contributed by atoms with Crippen LogP contribution in [0.5, 0.6) is 0 Å². The lowest BCUT2D eigenvalue weighted by Gasteiger charge is -2.01. The highest BCUT2D eigenvalue weighted by molar-refractivity contribution is 6.28. The van der Waals surface area contributed by atoms with Crippen LogP contribution < -0.4 is 0 Å². The molecule has 0 amide bonds. The third kappa shape index (κ3) is 1.75. The molecule has 0 saturated carbocycles. The van der Waals surface area contributed by atoms with Crippen LogP contribution in [0.3, 0.4) is 0 Å². The number of H-pyrrole nitrogens is 1. The Kier molecular flexibility index (Phi) is 2.52. The molecule has 5 heteroatoms. The van der Waals surface area contributed by atoms with Crippen molar-refractivity contribution >= 4 is 22.5 Å². The van der Waals surface area contributed by atoms with Gasteiger partial charge in [0.15, 0.2) is 5.82 Å². The van der Waals surface area contributed by atoms with Gasteiger partial charge in [0.2, 0.25) is 5.28 Å². The number of halogens is 2. The van der Waals surface area contributed by atoms with Crippen LogP contribution in [0.4, 0.5) is 4.39 Å². The molecule has 3 aromatic rings. The van der Waals surface area contributed by atoms with Crippen molar-refractivity contribution in [3.8, 4) is 11.3 Å². The van der Waals surface area contributed by atoms with Crippen LogP contribution in [0, 0.1) is 12.7 Å². The molecular weight excluding hydrogens is 253 g/mol. The molecule has 0 saturated heterocycles. The molecule has 2 aromatic heterocycles. The summed E-state index contributed by atoms with van der Waals surface area (Å²) < 4.78 is 13.7. The van der Waals surface area contributed by atoms with Crippen molar-refractivity contribution in [2.24, 2.45) is 0 Å². The quantitative estimate of drug-likeness (QED) is 0.678. The maximum Gasteiger partial charge on any atom is 0.223 e. The molecule has 1 aromatic carbocycles. The molecule has 0 radical (unpaired) electrons. The van der Waals surface area contributed by atoms with E-state index in [2.05, 4.69) is 15.0 Å². The van der Waals surface area contributed by atoms with E-state index in [-0.39, 0.29) is 11.0 Å². The van der Waals surface area contributed by atoms with Crippen molar-refractivity contribution in [1.82, 2.24) is 15.0 Å². The molecule has 0 aliphatic rings. The zero-order valence-electron chi connectivity index (χ0n) is 9.54. The fraction of sp³-hybridized carbons (Fsp3) is 0.0769. The van der Waals surface area contributed by atoms with E-state index in [1.165, 1.54) is 0 Å². The monoisotopic (exact) mass is 261 g/mol. The number of fused-ring (bicyclic) bond motifs is 1. The van der Waals surface area contributed by atoms with Crippen LogP contribution >= 0.6 is 11.6 Å². The van der Waals surface area contributed by atoms with E-state index >= 15 is 0 Å². The Morgan fingerprint density at radius 2 is 2.17 bits per heavy atom. The second-order valence-corrected chi connectivity index (χ2v) is 4.43. The lowest BCUT2D eigenvalue weighted by Crippen LogP contribution is -1.91. The van der Waals surface area contributed by atoms with Crippen LogP contribution in [-0.4, -0.2) is 15.0 Å². The number of rotatable bonds is 1. The van der Waals surface area contributed by atoms with Crippen LogP contribution in [-0.2, 0) is 0 Å². The number of hydrogen-bond acceptors (Lipinski definition) is 2. The first-order valence-electron chi connectivity index (χ1n) is 5.41. The second-order valence-electron chi connectivity index (χ2n) is 4.09. The molecule has 0 fully saturated rings. The molecule has 0 atom stereocenters. The van der Waals surface area contributed by atoms with Gasteiger partial charge in [-0.2, -0.15) is 0 Å². The van der Waals surface area contributed by atoms with Gasteiger partial charge in [0.25, 0.3) is 0 Å². The van der Waals surface area contributed by atoms with E-state index in [9.17, 15) is 4.39 Å². The highest BCUT2D eigenvalue weighted by atomic mass is 35.5. The summed E-state index contributed by atoms with van der Waals surface area (Å²) in [6.45, 7) is 2.00. The van der Waals surface area contributed by atoms with Crippen LogP contribution in [0.1, 0.15) is 5.56 Å². The van der Waals surface area contributed by atoms with Gasteiger partial charge in [-0.15, -0.1) is 0 Å². The number of hydrogen-bond donors (Lipinski definition) is 1. The number of benzene rings is 1. The minimum absolute atomic E-state index is 0.0351. The van der Waals surface area contributed by atoms with Crippen molar-refractivity contribution in [3.63, 3.8) is 0 Å². The highest BCUT2D eigenvalue weighted by Crippen LogP contribution is 2.29. The summed E-state index contributed by atoms with van der Waals surface area (Å²) >= 11 is 5.71. The van der Waals surface area contributed by atoms with Crippen molar-refractivity contribution < 1.29 is 4.39 Å². The van der Waals surface area contributed by atoms with Gasteiger partial charge in [0.1, 0.15) is 5.69 Å². The van der Waals surface area contributed by atoms with Crippen molar-refractivity contribution in [3.05, 3.63) is 47.3 Å². The normalized spacial score (nSPS) is 11.1. The maximum absolute atomic E-state index is 13.7. The number of nitrogens with zero attached hydrogens (tertiary/aromatic N) is 2. The zero-order valence-corrected chi connectivity index (χ0v) is 10.3. The number of aromatic amines is 1. The van der Waals surface area contributed by atoms with E-state index in [4.69, 9.17) is 11.6 Å². The fourth-order valence-corrected chi connectivity index (χ4v) is 2.10. The third-order valence-corrected chi connectivity index (χ3v) is 2.99. The molecule has 0 aliphatic heterocycles. The van der Waals surface area contributed by atoms with Crippen molar-refractivity contribution in [2.75, 3.05) is 0 Å². The van der Waals surface area contributed by atoms with Crippen LogP contribution in [0.15, 0.2) is 30.6 Å². The zero-order chi connectivity index (χ0) is 12.7. The predicted molar refractivity (Wildman–Crippen MR) is 69.0 cm³/mol. The number of nitrogens with one attached hydrogen (secondary N) is 1. The third-order valence-electron chi connectivity index (χ3n) is 2.81. The lowest BCUT2D eigenvalue weighted by atomic mass is 10.1. The number of aryl methyl sites for hydroxylation is 1. The number of aromatic nitrogens is 3. The van der Waals surface area contributed by atoms with E-state index in [0.29, 0.717) is 5.56 Å². The summed E-state index contributed by atoms with van der Waals surface area (Å²) in [6.07, 6.45) is 2.81. The maximum atomic E-state index is 13.7. The van der Waals surface area contributed by atoms with E-state index in [0.717, 1.165) is 22.7 Å². The Labute approximate surface area is 108 Å². The first-order valence-corrected chi connectivity index (χ1v) is 5.79. The molecule has 0 spiro atoms. The average molecular weight is 262 g/mol. The predicted octanol–water partition coefficient (Wildman–Crippen LogP) is 3.73. The highest BCUT2D eigenvalue weighted by Gasteiger charge is 2.13. The SMILES string of the molecule is Cc1ccc2c(-c3nc(Cl)ncc3F)c[nH]c2c1. The molecule has 2 heterocycles. The summed E-state index contributed by atoms with van der Waals surface area (Å²) in [6, 6.07) is 5.91. The van der Waals surface area contributed by atoms with Gasteiger partial charge in [-0.05, 0) is 30.2 Å². The first-order chi connectivity index (χ1) is 8.65.